The molecule has 5 heteroatoms. The van der Waals surface area contributed by atoms with Crippen LogP contribution >= 0.6 is 0 Å². The van der Waals surface area contributed by atoms with Gasteiger partial charge in [-0.05, 0) is 10.8 Å². The fourth-order valence-corrected chi connectivity index (χ4v) is 2.05. The summed E-state index contributed by atoms with van der Waals surface area (Å²) in [6.45, 7) is 0.134. The Morgan fingerprint density at radius 3 is 2.33 bits per heavy atom. The molecule has 0 bridgehead atoms. The highest BCUT2D eigenvalue weighted by atomic mass is 16.1. The van der Waals surface area contributed by atoms with E-state index in [1.165, 1.54) is 4.80 Å². The predicted molar refractivity (Wildman–Crippen MR) is 78.4 cm³/mol. The van der Waals surface area contributed by atoms with Crippen molar-refractivity contribution in [1.29, 1.82) is 0 Å². The van der Waals surface area contributed by atoms with Crippen molar-refractivity contribution in [3.05, 3.63) is 66.2 Å². The van der Waals surface area contributed by atoms with Gasteiger partial charge in [0.25, 0.3) is 0 Å². The minimum Gasteiger partial charge on any atom is -0.297 e. The van der Waals surface area contributed by atoms with E-state index in [1.54, 1.807) is 0 Å². The molecule has 0 aliphatic rings. The van der Waals surface area contributed by atoms with Gasteiger partial charge in [0.15, 0.2) is 5.78 Å². The van der Waals surface area contributed by atoms with E-state index >= 15 is 0 Å². The summed E-state index contributed by atoms with van der Waals surface area (Å²) in [7, 11) is 0. The van der Waals surface area contributed by atoms with Crippen LogP contribution in [0.2, 0.25) is 0 Å². The predicted octanol–water partition coefficient (Wildman–Crippen LogP) is 2.15. The van der Waals surface area contributed by atoms with Crippen LogP contribution in [0.4, 0.5) is 0 Å². The van der Waals surface area contributed by atoms with E-state index in [4.69, 9.17) is 0 Å². The molecule has 1 heterocycles. The van der Waals surface area contributed by atoms with Crippen LogP contribution < -0.4 is 0 Å². The molecule has 0 atom stereocenters. The first-order valence-corrected chi connectivity index (χ1v) is 6.70. The van der Waals surface area contributed by atoms with Gasteiger partial charge in [0, 0.05) is 12.0 Å². The van der Waals surface area contributed by atoms with Crippen LogP contribution in [0.15, 0.2) is 60.7 Å². The van der Waals surface area contributed by atoms with E-state index in [1.807, 2.05) is 60.7 Å². The zero-order valence-electron chi connectivity index (χ0n) is 11.4. The number of hydrogen-bond acceptors (Lipinski definition) is 4. The van der Waals surface area contributed by atoms with Crippen molar-refractivity contribution in [2.24, 2.45) is 0 Å². The van der Waals surface area contributed by atoms with Gasteiger partial charge in [-0.1, -0.05) is 60.7 Å². The van der Waals surface area contributed by atoms with Gasteiger partial charge >= 0.3 is 0 Å². The van der Waals surface area contributed by atoms with Gasteiger partial charge in [0.2, 0.25) is 5.82 Å². The Hall–Kier alpha value is -2.82. The maximum atomic E-state index is 12.0. The molecule has 0 aliphatic heterocycles. The van der Waals surface area contributed by atoms with Crippen molar-refractivity contribution in [3.8, 4) is 11.4 Å². The molecule has 0 spiro atoms. The molecule has 0 N–H and O–H groups in total. The van der Waals surface area contributed by atoms with Gasteiger partial charge in [-0.3, -0.25) is 4.79 Å². The van der Waals surface area contributed by atoms with Crippen LogP contribution in [0.1, 0.15) is 5.56 Å². The minimum atomic E-state index is 0.0539. The van der Waals surface area contributed by atoms with Gasteiger partial charge in [0.1, 0.15) is 6.54 Å². The molecule has 0 unspecified atom stereocenters. The lowest BCUT2D eigenvalue weighted by molar-refractivity contribution is -0.119. The molecule has 3 aromatic rings. The average Bonchev–Trinajstić information content (AvgIpc) is 2.97. The minimum absolute atomic E-state index is 0.0539. The Morgan fingerprint density at radius 1 is 0.952 bits per heavy atom. The number of rotatable bonds is 5. The lowest BCUT2D eigenvalue weighted by Gasteiger charge is -1.99. The zero-order chi connectivity index (χ0) is 14.5. The summed E-state index contributed by atoms with van der Waals surface area (Å²) >= 11 is 0. The smallest absolute Gasteiger partial charge is 0.204 e. The third kappa shape index (κ3) is 3.39. The van der Waals surface area contributed by atoms with Gasteiger partial charge in [-0.15, -0.1) is 10.2 Å². The molecule has 0 radical (unpaired) electrons. The molecule has 0 amide bonds. The number of aromatic nitrogens is 4. The number of ketones is 1. The fourth-order valence-electron chi connectivity index (χ4n) is 2.05. The molecule has 21 heavy (non-hydrogen) atoms. The second kappa shape index (κ2) is 6.09. The molecule has 2 aromatic carbocycles. The number of carbonyl (C=O) groups excluding carboxylic acids is 1. The van der Waals surface area contributed by atoms with Gasteiger partial charge in [-0.2, -0.15) is 4.80 Å². The van der Waals surface area contributed by atoms with Crippen molar-refractivity contribution < 1.29 is 4.79 Å². The quantitative estimate of drug-likeness (QED) is 0.717. The van der Waals surface area contributed by atoms with Crippen LogP contribution in [-0.4, -0.2) is 26.0 Å². The van der Waals surface area contributed by atoms with Crippen molar-refractivity contribution >= 4 is 5.78 Å². The second-order valence-corrected chi connectivity index (χ2v) is 4.71. The molecule has 5 nitrogen and oxygen atoms in total. The van der Waals surface area contributed by atoms with Crippen LogP contribution in [0.25, 0.3) is 11.4 Å². The van der Waals surface area contributed by atoms with E-state index < -0.39 is 0 Å². The Bertz CT molecular complexity index is 722. The topological polar surface area (TPSA) is 60.7 Å². The van der Waals surface area contributed by atoms with Crippen molar-refractivity contribution in [2.45, 2.75) is 13.0 Å². The Labute approximate surface area is 122 Å². The monoisotopic (exact) mass is 278 g/mol. The van der Waals surface area contributed by atoms with Crippen molar-refractivity contribution in [3.63, 3.8) is 0 Å². The third-order valence-electron chi connectivity index (χ3n) is 3.05. The van der Waals surface area contributed by atoms with Crippen LogP contribution in [0.3, 0.4) is 0 Å². The summed E-state index contributed by atoms with van der Waals surface area (Å²) in [5.74, 6) is 0.585. The van der Waals surface area contributed by atoms with Crippen LogP contribution in [0.5, 0.6) is 0 Å². The van der Waals surface area contributed by atoms with E-state index in [0.717, 1.165) is 11.1 Å². The Morgan fingerprint density at radius 2 is 1.62 bits per heavy atom. The Balaban J connectivity index is 1.66. The summed E-state index contributed by atoms with van der Waals surface area (Å²) in [4.78, 5) is 13.3. The maximum Gasteiger partial charge on any atom is 0.204 e. The number of tetrazole rings is 1. The van der Waals surface area contributed by atoms with E-state index in [-0.39, 0.29) is 12.3 Å². The summed E-state index contributed by atoms with van der Waals surface area (Å²) in [5, 5.41) is 12.1. The first-order chi connectivity index (χ1) is 10.3. The molecule has 1 aromatic heterocycles. The molecular formula is C16H14N4O. The summed E-state index contributed by atoms with van der Waals surface area (Å²) in [6.07, 6.45) is 0.378. The summed E-state index contributed by atoms with van der Waals surface area (Å²) < 4.78 is 0. The first kappa shape index (κ1) is 13.2. The number of carbonyl (C=O) groups is 1. The SMILES string of the molecule is O=C(Cc1ccccc1)Cn1nnc(-c2ccccc2)n1. The third-order valence-corrected chi connectivity index (χ3v) is 3.05. The van der Waals surface area contributed by atoms with Crippen LogP contribution in [0, 0.1) is 0 Å². The van der Waals surface area contributed by atoms with E-state index in [2.05, 4.69) is 15.4 Å². The van der Waals surface area contributed by atoms with Gasteiger partial charge < -0.3 is 0 Å². The number of nitrogens with zero attached hydrogens (tertiary/aromatic N) is 4. The summed E-state index contributed by atoms with van der Waals surface area (Å²) in [6, 6.07) is 19.2. The number of benzene rings is 2. The van der Waals surface area contributed by atoms with Crippen molar-refractivity contribution in [1.82, 2.24) is 20.2 Å². The fraction of sp³-hybridized carbons (Fsp3) is 0.125. The lowest BCUT2D eigenvalue weighted by Crippen LogP contribution is -2.15. The number of Topliss-reactive ketones (excluding diaryl/α,β-unsaturated/α-hetero) is 1. The van der Waals surface area contributed by atoms with Crippen LogP contribution in [-0.2, 0) is 17.8 Å². The van der Waals surface area contributed by atoms with Gasteiger partial charge in [-0.25, -0.2) is 0 Å². The molecule has 0 aliphatic carbocycles. The first-order valence-electron chi connectivity index (χ1n) is 6.70. The highest BCUT2D eigenvalue weighted by Gasteiger charge is 2.09. The molecule has 0 fully saturated rings. The zero-order valence-corrected chi connectivity index (χ0v) is 11.4. The highest BCUT2D eigenvalue weighted by molar-refractivity contribution is 5.80. The van der Waals surface area contributed by atoms with Crippen molar-refractivity contribution in [2.75, 3.05) is 0 Å². The lowest BCUT2D eigenvalue weighted by atomic mass is 10.1. The largest absolute Gasteiger partial charge is 0.297 e. The Kier molecular flexibility index (Phi) is 3.82. The number of hydrogen-bond donors (Lipinski definition) is 0. The molecule has 104 valence electrons. The molecular weight excluding hydrogens is 264 g/mol. The average molecular weight is 278 g/mol. The molecule has 0 saturated heterocycles. The highest BCUT2D eigenvalue weighted by Crippen LogP contribution is 2.11. The van der Waals surface area contributed by atoms with E-state index in [9.17, 15) is 4.79 Å². The second-order valence-electron chi connectivity index (χ2n) is 4.71. The molecule has 3 rings (SSSR count). The van der Waals surface area contributed by atoms with E-state index in [0.29, 0.717) is 12.2 Å². The molecule has 0 saturated carbocycles. The maximum absolute atomic E-state index is 12.0. The summed E-state index contributed by atoms with van der Waals surface area (Å²) in [5.41, 5.74) is 1.88. The standard InChI is InChI=1S/C16H14N4O/c21-15(11-13-7-3-1-4-8-13)12-20-18-16(17-19-20)14-9-5-2-6-10-14/h1-10H,11-12H2. The normalized spacial score (nSPS) is 10.5. The van der Waals surface area contributed by atoms with Gasteiger partial charge in [0.05, 0.1) is 0 Å².